The van der Waals surface area contributed by atoms with Gasteiger partial charge in [0.1, 0.15) is 5.82 Å². The predicted molar refractivity (Wildman–Crippen MR) is 90.9 cm³/mol. The van der Waals surface area contributed by atoms with Crippen LogP contribution >= 0.6 is 0 Å². The van der Waals surface area contributed by atoms with E-state index >= 15 is 0 Å². The van der Waals surface area contributed by atoms with Crippen molar-refractivity contribution < 1.29 is 9.59 Å². The second-order valence-electron chi connectivity index (χ2n) is 5.49. The van der Waals surface area contributed by atoms with Gasteiger partial charge in [0.05, 0.1) is 17.4 Å². The molecule has 1 saturated heterocycles. The number of hydrogen-bond acceptors (Lipinski definition) is 5. The number of amides is 2. The molecule has 23 heavy (non-hydrogen) atoms. The summed E-state index contributed by atoms with van der Waals surface area (Å²) in [5, 5.41) is 6.00. The summed E-state index contributed by atoms with van der Waals surface area (Å²) < 4.78 is 0. The van der Waals surface area contributed by atoms with Crippen LogP contribution in [0.15, 0.2) is 12.3 Å². The molecular weight excluding hydrogens is 294 g/mol. The first-order chi connectivity index (χ1) is 11.1. The van der Waals surface area contributed by atoms with Gasteiger partial charge in [-0.3, -0.25) is 9.59 Å². The van der Waals surface area contributed by atoms with E-state index in [0.29, 0.717) is 30.2 Å². The number of hydrogen-bond donors (Lipinski definition) is 2. The summed E-state index contributed by atoms with van der Waals surface area (Å²) in [4.78, 5) is 32.5. The summed E-state index contributed by atoms with van der Waals surface area (Å²) >= 11 is 0. The van der Waals surface area contributed by atoms with Crippen molar-refractivity contribution in [2.24, 2.45) is 0 Å². The van der Waals surface area contributed by atoms with Gasteiger partial charge in [0.2, 0.25) is 5.91 Å². The van der Waals surface area contributed by atoms with Gasteiger partial charge in [-0.05, 0) is 19.9 Å². The lowest BCUT2D eigenvalue weighted by Gasteiger charge is -2.31. The highest BCUT2D eigenvalue weighted by Crippen LogP contribution is 2.23. The van der Waals surface area contributed by atoms with Crippen LogP contribution < -0.4 is 15.5 Å². The molecule has 0 saturated carbocycles. The van der Waals surface area contributed by atoms with Crippen LogP contribution in [0.5, 0.6) is 0 Å². The number of carbonyl (C=O) groups is 2. The Morgan fingerprint density at radius 3 is 2.52 bits per heavy atom. The molecule has 0 bridgehead atoms. The van der Waals surface area contributed by atoms with Gasteiger partial charge in [0.25, 0.3) is 5.91 Å². The van der Waals surface area contributed by atoms with Gasteiger partial charge in [-0.15, -0.1) is 0 Å². The lowest BCUT2D eigenvalue weighted by molar-refractivity contribution is -0.114. The Bertz CT molecular complexity index is 566. The van der Waals surface area contributed by atoms with Gasteiger partial charge in [-0.1, -0.05) is 0 Å². The SMILES string of the molecule is CCN(CC)C(=O)c1cc(NC(C)=O)cnc1N1CCNCC1. The standard InChI is InChI=1S/C16H25N5O2/c1-4-20(5-2)16(23)14-10-13(19-12(3)22)11-18-15(14)21-8-6-17-7-9-21/h10-11,17H,4-9H2,1-3H3,(H,19,22). The van der Waals surface area contributed by atoms with Crippen molar-refractivity contribution >= 4 is 23.3 Å². The third kappa shape index (κ3) is 4.19. The summed E-state index contributed by atoms with van der Waals surface area (Å²) in [7, 11) is 0. The van der Waals surface area contributed by atoms with Gasteiger partial charge >= 0.3 is 0 Å². The highest BCUT2D eigenvalue weighted by atomic mass is 16.2. The Kier molecular flexibility index (Phi) is 5.92. The predicted octanol–water partition coefficient (Wildman–Crippen LogP) is 0.932. The fourth-order valence-corrected chi connectivity index (χ4v) is 2.70. The van der Waals surface area contributed by atoms with E-state index in [0.717, 1.165) is 26.2 Å². The van der Waals surface area contributed by atoms with Gasteiger partial charge in [-0.2, -0.15) is 0 Å². The Hall–Kier alpha value is -2.15. The van der Waals surface area contributed by atoms with Crippen LogP contribution in [0.25, 0.3) is 0 Å². The lowest BCUT2D eigenvalue weighted by Crippen LogP contribution is -2.45. The third-order valence-corrected chi connectivity index (χ3v) is 3.88. The molecular formula is C16H25N5O2. The van der Waals surface area contributed by atoms with Gasteiger partial charge in [0, 0.05) is 46.2 Å². The Morgan fingerprint density at radius 1 is 1.30 bits per heavy atom. The summed E-state index contributed by atoms with van der Waals surface area (Å²) in [5.74, 6) is 0.462. The highest BCUT2D eigenvalue weighted by Gasteiger charge is 2.23. The Balaban J connectivity index is 2.39. The topological polar surface area (TPSA) is 77.6 Å². The van der Waals surface area contributed by atoms with Crippen LogP contribution in [0.3, 0.4) is 0 Å². The van der Waals surface area contributed by atoms with E-state index in [1.807, 2.05) is 13.8 Å². The maximum Gasteiger partial charge on any atom is 0.257 e. The number of pyridine rings is 1. The summed E-state index contributed by atoms with van der Waals surface area (Å²) in [5.41, 5.74) is 1.09. The normalized spacial score (nSPS) is 14.5. The molecule has 1 aliphatic rings. The molecule has 2 N–H and O–H groups in total. The van der Waals surface area contributed by atoms with Crippen molar-refractivity contribution in [1.29, 1.82) is 0 Å². The zero-order chi connectivity index (χ0) is 16.8. The van der Waals surface area contributed by atoms with E-state index in [2.05, 4.69) is 20.5 Å². The molecule has 2 rings (SSSR count). The monoisotopic (exact) mass is 319 g/mol. The van der Waals surface area contributed by atoms with Crippen molar-refractivity contribution in [3.8, 4) is 0 Å². The van der Waals surface area contributed by atoms with E-state index in [1.165, 1.54) is 6.92 Å². The van der Waals surface area contributed by atoms with Gasteiger partial charge < -0.3 is 20.4 Å². The smallest absolute Gasteiger partial charge is 0.257 e. The van der Waals surface area contributed by atoms with Crippen LogP contribution in [0.1, 0.15) is 31.1 Å². The fraction of sp³-hybridized carbons (Fsp3) is 0.562. The minimum Gasteiger partial charge on any atom is -0.353 e. The first-order valence-electron chi connectivity index (χ1n) is 8.09. The van der Waals surface area contributed by atoms with E-state index < -0.39 is 0 Å². The molecule has 7 heteroatoms. The maximum atomic E-state index is 12.8. The molecule has 1 aromatic heterocycles. The van der Waals surface area contributed by atoms with Crippen LogP contribution in [0.2, 0.25) is 0 Å². The zero-order valence-electron chi connectivity index (χ0n) is 14.1. The molecule has 1 fully saturated rings. The van der Waals surface area contributed by atoms with E-state index in [1.54, 1.807) is 17.2 Å². The number of aromatic nitrogens is 1. The second kappa shape index (κ2) is 7.92. The molecule has 2 amide bonds. The molecule has 0 radical (unpaired) electrons. The highest BCUT2D eigenvalue weighted by molar-refractivity contribution is 6.00. The minimum absolute atomic E-state index is 0.0526. The average Bonchev–Trinajstić information content (AvgIpc) is 2.56. The molecule has 0 spiro atoms. The van der Waals surface area contributed by atoms with E-state index in [4.69, 9.17) is 0 Å². The number of rotatable bonds is 5. The third-order valence-electron chi connectivity index (χ3n) is 3.88. The van der Waals surface area contributed by atoms with Crippen LogP contribution in [-0.4, -0.2) is 61.0 Å². The minimum atomic E-state index is -0.178. The van der Waals surface area contributed by atoms with Crippen molar-refractivity contribution in [1.82, 2.24) is 15.2 Å². The first kappa shape index (κ1) is 17.2. The zero-order valence-corrected chi connectivity index (χ0v) is 14.1. The van der Waals surface area contributed by atoms with Crippen molar-refractivity contribution in [2.75, 3.05) is 49.5 Å². The molecule has 0 atom stereocenters. The largest absolute Gasteiger partial charge is 0.353 e. The summed E-state index contributed by atoms with van der Waals surface area (Å²) in [6, 6.07) is 1.73. The van der Waals surface area contributed by atoms with Crippen LogP contribution in [-0.2, 0) is 4.79 Å². The molecule has 7 nitrogen and oxygen atoms in total. The van der Waals surface area contributed by atoms with E-state index in [9.17, 15) is 9.59 Å². The van der Waals surface area contributed by atoms with Crippen molar-refractivity contribution in [3.05, 3.63) is 17.8 Å². The molecule has 2 heterocycles. The quantitative estimate of drug-likeness (QED) is 0.844. The number of nitrogens with zero attached hydrogens (tertiary/aromatic N) is 3. The molecule has 126 valence electrons. The fourth-order valence-electron chi connectivity index (χ4n) is 2.70. The van der Waals surface area contributed by atoms with E-state index in [-0.39, 0.29) is 11.8 Å². The summed E-state index contributed by atoms with van der Waals surface area (Å²) in [6.45, 7) is 9.99. The van der Waals surface area contributed by atoms with Gasteiger partial charge in [-0.25, -0.2) is 4.98 Å². The molecule has 0 aromatic carbocycles. The van der Waals surface area contributed by atoms with Crippen molar-refractivity contribution in [2.45, 2.75) is 20.8 Å². The van der Waals surface area contributed by atoms with Gasteiger partial charge in [0.15, 0.2) is 0 Å². The lowest BCUT2D eigenvalue weighted by atomic mass is 10.1. The maximum absolute atomic E-state index is 12.8. The Morgan fingerprint density at radius 2 is 1.96 bits per heavy atom. The van der Waals surface area contributed by atoms with Crippen molar-refractivity contribution in [3.63, 3.8) is 0 Å². The summed E-state index contributed by atoms with van der Waals surface area (Å²) in [6.07, 6.45) is 1.61. The molecule has 0 unspecified atom stereocenters. The van der Waals surface area contributed by atoms with Crippen LogP contribution in [0.4, 0.5) is 11.5 Å². The Labute approximate surface area is 137 Å². The molecule has 1 aromatic rings. The average molecular weight is 319 g/mol. The molecule has 1 aliphatic heterocycles. The number of piperazine rings is 1. The number of nitrogens with one attached hydrogen (secondary N) is 2. The number of anilines is 2. The second-order valence-corrected chi connectivity index (χ2v) is 5.49. The first-order valence-corrected chi connectivity index (χ1v) is 8.09. The number of carbonyl (C=O) groups excluding carboxylic acids is 2. The molecule has 0 aliphatic carbocycles. The van der Waals surface area contributed by atoms with Crippen LogP contribution in [0, 0.1) is 0 Å².